The number of thiazole rings is 2. The number of amides is 1. The predicted molar refractivity (Wildman–Crippen MR) is 112 cm³/mol. The lowest BCUT2D eigenvalue weighted by Gasteiger charge is -2.09. The Bertz CT molecular complexity index is 944. The van der Waals surface area contributed by atoms with E-state index in [1.54, 1.807) is 25.3 Å². The number of nitrogens with one attached hydrogen (secondary N) is 2. The smallest absolute Gasteiger partial charge is 0.236 e. The Kier molecular flexibility index (Phi) is 6.13. The SMILES string of the molecule is COc1ccc(Cl)cc1Nc1nc(-c2sc(NC(=O)CBr)nc2C)cs1. The van der Waals surface area contributed by atoms with E-state index in [0.717, 1.165) is 22.0 Å². The molecule has 0 aliphatic rings. The maximum Gasteiger partial charge on any atom is 0.236 e. The number of rotatable bonds is 6. The Morgan fingerprint density at radius 2 is 2.15 bits per heavy atom. The highest BCUT2D eigenvalue weighted by atomic mass is 79.9. The van der Waals surface area contributed by atoms with Crippen molar-refractivity contribution < 1.29 is 9.53 Å². The molecule has 136 valence electrons. The van der Waals surface area contributed by atoms with Crippen molar-refractivity contribution in [1.82, 2.24) is 9.97 Å². The first-order valence-electron chi connectivity index (χ1n) is 7.40. The van der Waals surface area contributed by atoms with Gasteiger partial charge in [-0.1, -0.05) is 38.9 Å². The fourth-order valence-corrected chi connectivity index (χ4v) is 4.21. The summed E-state index contributed by atoms with van der Waals surface area (Å²) in [6.07, 6.45) is 0. The van der Waals surface area contributed by atoms with Crippen molar-refractivity contribution in [1.29, 1.82) is 0 Å². The van der Waals surface area contributed by atoms with Crippen LogP contribution in [0.2, 0.25) is 5.02 Å². The third kappa shape index (κ3) is 4.35. The molecule has 26 heavy (non-hydrogen) atoms. The minimum atomic E-state index is -0.140. The van der Waals surface area contributed by atoms with Gasteiger partial charge < -0.3 is 15.4 Å². The standard InChI is InChI=1S/C16H14BrClN4O2S2/c1-8-14(26-16(19-8)22-13(23)6-17)11-7-25-15(21-11)20-10-5-9(18)3-4-12(10)24-2/h3-5,7H,6H2,1-2H3,(H,20,21)(H,19,22,23). The number of anilines is 3. The van der Waals surface area contributed by atoms with Gasteiger partial charge in [0.15, 0.2) is 10.3 Å². The lowest BCUT2D eigenvalue weighted by atomic mass is 10.3. The van der Waals surface area contributed by atoms with Gasteiger partial charge in [-0.25, -0.2) is 9.97 Å². The highest BCUT2D eigenvalue weighted by molar-refractivity contribution is 9.09. The van der Waals surface area contributed by atoms with Gasteiger partial charge in [0, 0.05) is 10.4 Å². The van der Waals surface area contributed by atoms with E-state index in [9.17, 15) is 4.79 Å². The normalized spacial score (nSPS) is 10.6. The van der Waals surface area contributed by atoms with E-state index >= 15 is 0 Å². The van der Waals surface area contributed by atoms with Gasteiger partial charge in [-0.05, 0) is 25.1 Å². The Labute approximate surface area is 171 Å². The van der Waals surface area contributed by atoms with Gasteiger partial charge in [-0.2, -0.15) is 0 Å². The molecule has 2 N–H and O–H groups in total. The Hall–Kier alpha value is -1.68. The van der Waals surface area contributed by atoms with E-state index in [0.29, 0.717) is 21.0 Å². The summed E-state index contributed by atoms with van der Waals surface area (Å²) in [4.78, 5) is 21.4. The minimum absolute atomic E-state index is 0.140. The van der Waals surface area contributed by atoms with Crippen LogP contribution in [0.5, 0.6) is 5.75 Å². The van der Waals surface area contributed by atoms with Crippen molar-refractivity contribution >= 4 is 72.1 Å². The molecule has 0 aliphatic carbocycles. The number of halogens is 2. The average Bonchev–Trinajstić information content (AvgIpc) is 3.21. The molecule has 1 aromatic carbocycles. The zero-order chi connectivity index (χ0) is 18.7. The van der Waals surface area contributed by atoms with E-state index in [1.165, 1.54) is 22.7 Å². The largest absolute Gasteiger partial charge is 0.495 e. The Balaban J connectivity index is 1.82. The maximum atomic E-state index is 11.5. The summed E-state index contributed by atoms with van der Waals surface area (Å²) < 4.78 is 5.34. The fraction of sp³-hybridized carbons (Fsp3) is 0.188. The molecule has 0 bridgehead atoms. The molecule has 0 atom stereocenters. The number of aryl methyl sites for hydroxylation is 1. The first kappa shape index (κ1) is 19.1. The molecular weight excluding hydrogens is 460 g/mol. The molecule has 3 aromatic rings. The van der Waals surface area contributed by atoms with Crippen molar-refractivity contribution in [2.75, 3.05) is 23.1 Å². The summed E-state index contributed by atoms with van der Waals surface area (Å²) in [7, 11) is 1.60. The topological polar surface area (TPSA) is 76.1 Å². The van der Waals surface area contributed by atoms with Gasteiger partial charge in [0.2, 0.25) is 5.91 Å². The van der Waals surface area contributed by atoms with Crippen LogP contribution in [-0.2, 0) is 4.79 Å². The number of ether oxygens (including phenoxy) is 1. The van der Waals surface area contributed by atoms with Gasteiger partial charge in [0.1, 0.15) is 5.75 Å². The van der Waals surface area contributed by atoms with Crippen LogP contribution < -0.4 is 15.4 Å². The Morgan fingerprint density at radius 1 is 1.35 bits per heavy atom. The average molecular weight is 474 g/mol. The van der Waals surface area contributed by atoms with Gasteiger partial charge >= 0.3 is 0 Å². The molecule has 0 fully saturated rings. The molecule has 6 nitrogen and oxygen atoms in total. The second kappa shape index (κ2) is 8.34. The third-order valence-electron chi connectivity index (χ3n) is 3.30. The lowest BCUT2D eigenvalue weighted by molar-refractivity contribution is -0.113. The zero-order valence-corrected chi connectivity index (χ0v) is 17.8. The highest BCUT2D eigenvalue weighted by Crippen LogP contribution is 2.36. The molecule has 0 saturated heterocycles. The maximum absolute atomic E-state index is 11.5. The molecule has 0 spiro atoms. The van der Waals surface area contributed by atoms with Crippen molar-refractivity contribution in [2.45, 2.75) is 6.92 Å². The number of methoxy groups -OCH3 is 1. The molecule has 1 amide bonds. The number of benzene rings is 1. The van der Waals surface area contributed by atoms with Crippen molar-refractivity contribution in [3.05, 3.63) is 34.3 Å². The number of hydrogen-bond acceptors (Lipinski definition) is 7. The van der Waals surface area contributed by atoms with Gasteiger partial charge in [0.05, 0.1) is 34.4 Å². The molecule has 0 saturated carbocycles. The summed E-state index contributed by atoms with van der Waals surface area (Å²) in [6, 6.07) is 5.35. The molecule has 0 aliphatic heterocycles. The highest BCUT2D eigenvalue weighted by Gasteiger charge is 2.15. The second-order valence-electron chi connectivity index (χ2n) is 5.12. The second-order valence-corrected chi connectivity index (χ2v) is 7.98. The minimum Gasteiger partial charge on any atom is -0.495 e. The molecular formula is C16H14BrClN4O2S2. The number of aromatic nitrogens is 2. The summed E-state index contributed by atoms with van der Waals surface area (Å²) in [5, 5.41) is 10.0. The molecule has 3 rings (SSSR count). The predicted octanol–water partition coefficient (Wildman–Crippen LogP) is 5.31. The van der Waals surface area contributed by atoms with Crippen LogP contribution in [0.1, 0.15) is 5.69 Å². The summed E-state index contributed by atoms with van der Waals surface area (Å²) >= 11 is 12.0. The van der Waals surface area contributed by atoms with Crippen LogP contribution in [0.25, 0.3) is 10.6 Å². The van der Waals surface area contributed by atoms with E-state index in [1.807, 2.05) is 12.3 Å². The zero-order valence-electron chi connectivity index (χ0n) is 13.8. The van der Waals surface area contributed by atoms with E-state index in [4.69, 9.17) is 16.3 Å². The number of nitrogens with zero attached hydrogens (tertiary/aromatic N) is 2. The number of alkyl halides is 1. The van der Waals surface area contributed by atoms with Gasteiger partial charge in [-0.3, -0.25) is 4.79 Å². The molecule has 10 heteroatoms. The lowest BCUT2D eigenvalue weighted by Crippen LogP contribution is -2.11. The molecule has 2 heterocycles. The van der Waals surface area contributed by atoms with Crippen LogP contribution >= 0.6 is 50.2 Å². The van der Waals surface area contributed by atoms with Crippen LogP contribution in [0.3, 0.4) is 0 Å². The van der Waals surface area contributed by atoms with Crippen LogP contribution in [0, 0.1) is 6.92 Å². The van der Waals surface area contributed by atoms with Gasteiger partial charge in [-0.15, -0.1) is 11.3 Å². The molecule has 0 radical (unpaired) electrons. The van der Waals surface area contributed by atoms with Crippen molar-refractivity contribution in [2.24, 2.45) is 0 Å². The van der Waals surface area contributed by atoms with Gasteiger partial charge in [0.25, 0.3) is 0 Å². The number of carbonyl (C=O) groups excluding carboxylic acids is 1. The summed E-state index contributed by atoms with van der Waals surface area (Å²) in [5.41, 5.74) is 2.36. The van der Waals surface area contributed by atoms with E-state index < -0.39 is 0 Å². The van der Waals surface area contributed by atoms with Crippen LogP contribution in [0.4, 0.5) is 16.0 Å². The van der Waals surface area contributed by atoms with Crippen molar-refractivity contribution in [3.63, 3.8) is 0 Å². The summed E-state index contributed by atoms with van der Waals surface area (Å²) in [6.45, 7) is 1.89. The fourth-order valence-electron chi connectivity index (χ4n) is 2.17. The first-order chi connectivity index (χ1) is 12.5. The quantitative estimate of drug-likeness (QED) is 0.474. The van der Waals surface area contributed by atoms with E-state index in [2.05, 4.69) is 36.5 Å². The molecule has 0 unspecified atom stereocenters. The number of hydrogen-bond donors (Lipinski definition) is 2. The van der Waals surface area contributed by atoms with Crippen molar-refractivity contribution in [3.8, 4) is 16.3 Å². The Morgan fingerprint density at radius 3 is 2.88 bits per heavy atom. The third-order valence-corrected chi connectivity index (χ3v) is 5.90. The molecule has 2 aromatic heterocycles. The van der Waals surface area contributed by atoms with E-state index in [-0.39, 0.29) is 11.2 Å². The summed E-state index contributed by atoms with van der Waals surface area (Å²) in [5.74, 6) is 0.541. The van der Waals surface area contributed by atoms with Crippen LogP contribution in [0.15, 0.2) is 23.6 Å². The monoisotopic (exact) mass is 472 g/mol. The first-order valence-corrected chi connectivity index (χ1v) is 10.6. The number of carbonyl (C=O) groups is 1. The van der Waals surface area contributed by atoms with Crippen LogP contribution in [-0.4, -0.2) is 28.3 Å².